The number of benzene rings is 3. The molecule has 4 aromatic rings. The van der Waals surface area contributed by atoms with E-state index < -0.39 is 30.3 Å². The number of carboxylic acid groups (broad SMARTS) is 1. The van der Waals surface area contributed by atoms with Crippen LogP contribution in [0.3, 0.4) is 0 Å². The van der Waals surface area contributed by atoms with Gasteiger partial charge in [0.2, 0.25) is 0 Å². The molecule has 0 saturated heterocycles. The Hall–Kier alpha value is -4.16. The summed E-state index contributed by atoms with van der Waals surface area (Å²) in [5.41, 5.74) is 5.48. The summed E-state index contributed by atoms with van der Waals surface area (Å²) in [5, 5.41) is 9.70. The third kappa shape index (κ3) is 4.36. The van der Waals surface area contributed by atoms with Gasteiger partial charge in [0.05, 0.1) is 11.2 Å². The van der Waals surface area contributed by atoms with E-state index >= 15 is 0 Å². The van der Waals surface area contributed by atoms with Crippen molar-refractivity contribution < 1.29 is 23.4 Å². The lowest BCUT2D eigenvalue weighted by molar-refractivity contribution is -0.143. The summed E-state index contributed by atoms with van der Waals surface area (Å²) < 4.78 is 32.9. The number of carbonyl (C=O) groups is 1. The molecular weight excluding hydrogens is 436 g/mol. The zero-order valence-electron chi connectivity index (χ0n) is 17.9. The number of aliphatic carboxylic acids is 1. The first-order chi connectivity index (χ1) is 16.5. The molecule has 0 bridgehead atoms. The second-order valence-electron chi connectivity index (χ2n) is 7.96. The number of nitrogens with zero attached hydrogens (tertiary/aromatic N) is 1. The molecule has 0 spiro atoms. The molecule has 4 nitrogen and oxygen atoms in total. The van der Waals surface area contributed by atoms with Crippen LogP contribution in [0.2, 0.25) is 0 Å². The predicted octanol–water partition coefficient (Wildman–Crippen LogP) is 6.36. The minimum atomic E-state index is -1.04. The van der Waals surface area contributed by atoms with Crippen molar-refractivity contribution in [2.24, 2.45) is 0 Å². The van der Waals surface area contributed by atoms with E-state index in [4.69, 9.17) is 4.74 Å². The second-order valence-corrected chi connectivity index (χ2v) is 7.96. The fraction of sp³-hybridized carbons (Fsp3) is 0.0714. The van der Waals surface area contributed by atoms with Crippen LogP contribution in [0, 0.1) is 11.6 Å². The van der Waals surface area contributed by atoms with E-state index in [0.29, 0.717) is 16.6 Å². The molecule has 6 heteroatoms. The highest BCUT2D eigenvalue weighted by atomic mass is 19.2. The van der Waals surface area contributed by atoms with Gasteiger partial charge < -0.3 is 9.84 Å². The van der Waals surface area contributed by atoms with Gasteiger partial charge in [0.1, 0.15) is 12.7 Å². The number of ether oxygens (including phenoxy) is 1. The van der Waals surface area contributed by atoms with E-state index in [2.05, 4.69) is 4.98 Å². The second kappa shape index (κ2) is 9.00. The SMILES string of the molecule is O=C(O)COC1c2ccccc2C=Cc2ccc(/C=C/c3ccc4cc(F)c(F)cc4n3)cc21. The minimum Gasteiger partial charge on any atom is -0.480 e. The summed E-state index contributed by atoms with van der Waals surface area (Å²) in [6.45, 7) is -0.420. The van der Waals surface area contributed by atoms with E-state index in [1.165, 1.54) is 0 Å². The maximum Gasteiger partial charge on any atom is 0.329 e. The third-order valence-electron chi connectivity index (χ3n) is 5.69. The number of pyridine rings is 1. The lowest BCUT2D eigenvalue weighted by Crippen LogP contribution is -2.14. The average molecular weight is 455 g/mol. The molecule has 0 saturated carbocycles. The summed E-state index contributed by atoms with van der Waals surface area (Å²) in [5.74, 6) is -2.88. The van der Waals surface area contributed by atoms with Crippen LogP contribution >= 0.6 is 0 Å². The van der Waals surface area contributed by atoms with Crippen LogP contribution < -0.4 is 0 Å². The highest BCUT2D eigenvalue weighted by molar-refractivity contribution is 5.82. The van der Waals surface area contributed by atoms with Crippen LogP contribution in [0.15, 0.2) is 66.7 Å². The van der Waals surface area contributed by atoms with E-state index in [1.54, 1.807) is 18.2 Å². The Balaban J connectivity index is 1.50. The Morgan fingerprint density at radius 2 is 1.68 bits per heavy atom. The maximum absolute atomic E-state index is 13.6. The molecule has 0 aliphatic heterocycles. The molecule has 0 amide bonds. The van der Waals surface area contributed by atoms with Gasteiger partial charge in [-0.2, -0.15) is 0 Å². The van der Waals surface area contributed by atoms with E-state index in [-0.39, 0.29) is 0 Å². The minimum absolute atomic E-state index is 0.367. The van der Waals surface area contributed by atoms with Crippen molar-refractivity contribution in [2.45, 2.75) is 6.10 Å². The summed E-state index contributed by atoms with van der Waals surface area (Å²) in [6, 6.07) is 19.2. The Kier molecular flexibility index (Phi) is 5.74. The van der Waals surface area contributed by atoms with Crippen molar-refractivity contribution in [3.8, 4) is 0 Å². The molecule has 3 aromatic carbocycles. The van der Waals surface area contributed by atoms with Gasteiger partial charge >= 0.3 is 5.97 Å². The standard InChI is InChI=1S/C28H19F2NO3/c29-24-14-20-10-12-21(31-26(20)15-25(24)30)11-6-17-5-7-19-9-8-18-3-1-2-4-22(18)28(23(19)13-17)34-16-27(32)33/h1-15,28H,16H2,(H,32,33)/b11-6+. The fourth-order valence-electron chi connectivity index (χ4n) is 4.07. The van der Waals surface area contributed by atoms with Gasteiger partial charge in [-0.05, 0) is 52.1 Å². The predicted molar refractivity (Wildman–Crippen MR) is 128 cm³/mol. The van der Waals surface area contributed by atoms with Crippen LogP contribution in [-0.2, 0) is 9.53 Å². The number of carboxylic acids is 1. The van der Waals surface area contributed by atoms with Gasteiger partial charge in [-0.15, -0.1) is 0 Å². The zero-order chi connectivity index (χ0) is 23.7. The first-order valence-corrected chi connectivity index (χ1v) is 10.7. The molecule has 5 rings (SSSR count). The van der Waals surface area contributed by atoms with Gasteiger partial charge in [-0.25, -0.2) is 18.6 Å². The smallest absolute Gasteiger partial charge is 0.329 e. The summed E-state index contributed by atoms with van der Waals surface area (Å²) in [7, 11) is 0. The zero-order valence-corrected chi connectivity index (χ0v) is 17.9. The van der Waals surface area contributed by atoms with Crippen molar-refractivity contribution in [2.75, 3.05) is 6.61 Å². The number of hydrogen-bond donors (Lipinski definition) is 1. The van der Waals surface area contributed by atoms with E-state index in [1.807, 2.05) is 60.7 Å². The molecule has 0 fully saturated rings. The van der Waals surface area contributed by atoms with Gasteiger partial charge in [-0.1, -0.05) is 60.7 Å². The highest BCUT2D eigenvalue weighted by Crippen LogP contribution is 2.36. The third-order valence-corrected chi connectivity index (χ3v) is 5.69. The topological polar surface area (TPSA) is 59.4 Å². The van der Waals surface area contributed by atoms with Gasteiger partial charge in [-0.3, -0.25) is 0 Å². The Labute approximate surface area is 194 Å². The lowest BCUT2D eigenvalue weighted by Gasteiger charge is -2.20. The average Bonchev–Trinajstić information content (AvgIpc) is 2.98. The Morgan fingerprint density at radius 3 is 2.50 bits per heavy atom. The number of fused-ring (bicyclic) bond motifs is 3. The van der Waals surface area contributed by atoms with Crippen molar-refractivity contribution >= 4 is 41.2 Å². The van der Waals surface area contributed by atoms with Crippen molar-refractivity contribution in [3.05, 3.63) is 112 Å². The first-order valence-electron chi connectivity index (χ1n) is 10.7. The van der Waals surface area contributed by atoms with Crippen LogP contribution in [0.5, 0.6) is 0 Å². The molecule has 1 atom stereocenters. The molecule has 34 heavy (non-hydrogen) atoms. The molecule has 1 aliphatic carbocycles. The van der Waals surface area contributed by atoms with Crippen LogP contribution in [0.25, 0.3) is 35.2 Å². The lowest BCUT2D eigenvalue weighted by atomic mass is 9.94. The highest BCUT2D eigenvalue weighted by Gasteiger charge is 2.23. The number of hydrogen-bond acceptors (Lipinski definition) is 3. The van der Waals surface area contributed by atoms with Crippen molar-refractivity contribution in [3.63, 3.8) is 0 Å². The van der Waals surface area contributed by atoms with Gasteiger partial charge in [0.25, 0.3) is 0 Å². The Bertz CT molecular complexity index is 1480. The first kappa shape index (κ1) is 21.7. The quantitative estimate of drug-likeness (QED) is 0.381. The number of rotatable bonds is 5. The summed E-state index contributed by atoms with van der Waals surface area (Å²) >= 11 is 0. The fourth-order valence-corrected chi connectivity index (χ4v) is 4.07. The van der Waals surface area contributed by atoms with E-state index in [9.17, 15) is 18.7 Å². The number of halogens is 2. The summed E-state index contributed by atoms with van der Waals surface area (Å²) in [4.78, 5) is 15.6. The van der Waals surface area contributed by atoms with Crippen LogP contribution in [-0.4, -0.2) is 22.7 Å². The largest absolute Gasteiger partial charge is 0.480 e. The molecule has 1 N–H and O–H groups in total. The molecule has 1 aliphatic rings. The molecule has 1 unspecified atom stereocenters. The van der Waals surface area contributed by atoms with Crippen LogP contribution in [0.1, 0.15) is 39.6 Å². The van der Waals surface area contributed by atoms with E-state index in [0.717, 1.165) is 39.9 Å². The van der Waals surface area contributed by atoms with Gasteiger partial charge in [0, 0.05) is 11.5 Å². The van der Waals surface area contributed by atoms with Gasteiger partial charge in [0.15, 0.2) is 11.6 Å². The monoisotopic (exact) mass is 455 g/mol. The van der Waals surface area contributed by atoms with Crippen LogP contribution in [0.4, 0.5) is 8.78 Å². The van der Waals surface area contributed by atoms with Crippen molar-refractivity contribution in [1.82, 2.24) is 4.98 Å². The summed E-state index contributed by atoms with van der Waals surface area (Å²) in [6.07, 6.45) is 7.10. The molecule has 0 radical (unpaired) electrons. The molecule has 1 aromatic heterocycles. The number of aromatic nitrogens is 1. The maximum atomic E-state index is 13.6. The molecule has 168 valence electrons. The Morgan fingerprint density at radius 1 is 0.912 bits per heavy atom. The van der Waals surface area contributed by atoms with Crippen molar-refractivity contribution in [1.29, 1.82) is 0 Å². The molecular formula is C28H19F2NO3. The molecule has 1 heterocycles. The normalized spacial score (nSPS) is 14.7.